The van der Waals surface area contributed by atoms with Gasteiger partial charge in [-0.2, -0.15) is 0 Å². The van der Waals surface area contributed by atoms with Gasteiger partial charge in [0, 0.05) is 12.0 Å². The summed E-state index contributed by atoms with van der Waals surface area (Å²) in [6.45, 7) is 7.84. The van der Waals surface area contributed by atoms with Crippen LogP contribution in [0.25, 0.3) is 0 Å². The van der Waals surface area contributed by atoms with Gasteiger partial charge < -0.3 is 9.57 Å². The second-order valence-corrected chi connectivity index (χ2v) is 6.88. The van der Waals surface area contributed by atoms with Crippen LogP contribution in [0.4, 0.5) is 0 Å². The van der Waals surface area contributed by atoms with E-state index >= 15 is 0 Å². The molecule has 142 valence electrons. The van der Waals surface area contributed by atoms with Gasteiger partial charge in [0.15, 0.2) is 12.4 Å². The van der Waals surface area contributed by atoms with E-state index in [1.54, 1.807) is 5.01 Å². The number of rotatable bonds is 6. The van der Waals surface area contributed by atoms with E-state index in [2.05, 4.69) is 16.6 Å². The number of ether oxygens (including phenoxy) is 1. The Labute approximate surface area is 159 Å². The number of nitrogens with one attached hydrogen (secondary N) is 1. The van der Waals surface area contributed by atoms with E-state index in [4.69, 9.17) is 9.57 Å². The second kappa shape index (κ2) is 7.70. The predicted octanol–water partition coefficient (Wildman–Crippen LogP) is 3.53. The summed E-state index contributed by atoms with van der Waals surface area (Å²) in [6.07, 6.45) is 0.643. The zero-order chi connectivity index (χ0) is 19.4. The second-order valence-electron chi connectivity index (χ2n) is 6.88. The molecule has 0 saturated heterocycles. The normalized spacial score (nSPS) is 18.7. The molecule has 0 radical (unpaired) electrons. The van der Waals surface area contributed by atoms with Crippen molar-refractivity contribution in [3.63, 3.8) is 0 Å². The lowest BCUT2D eigenvalue weighted by Gasteiger charge is -2.33. The Morgan fingerprint density at radius 2 is 1.85 bits per heavy atom. The van der Waals surface area contributed by atoms with Crippen LogP contribution in [0, 0.1) is 13.8 Å². The van der Waals surface area contributed by atoms with Gasteiger partial charge in [0.25, 0.3) is 5.91 Å². The first-order valence-corrected chi connectivity index (χ1v) is 9.03. The fourth-order valence-electron chi connectivity index (χ4n) is 2.95. The Hall–Kier alpha value is -3.02. The number of para-hydroxylation sites is 1. The Balaban J connectivity index is 1.76. The predicted molar refractivity (Wildman–Crippen MR) is 104 cm³/mol. The summed E-state index contributed by atoms with van der Waals surface area (Å²) < 4.78 is 5.54. The molecular formula is C21H25N3O3. The number of hydrogen-bond acceptors (Lipinski definition) is 5. The van der Waals surface area contributed by atoms with Gasteiger partial charge in [-0.25, -0.2) is 5.01 Å². The number of hydrazine groups is 1. The molecule has 27 heavy (non-hydrogen) atoms. The molecule has 1 amide bonds. The van der Waals surface area contributed by atoms with Gasteiger partial charge >= 0.3 is 0 Å². The van der Waals surface area contributed by atoms with Crippen molar-refractivity contribution in [3.05, 3.63) is 65.2 Å². The summed E-state index contributed by atoms with van der Waals surface area (Å²) in [6, 6.07) is 15.4. The highest BCUT2D eigenvalue weighted by atomic mass is 16.7. The lowest BCUT2D eigenvalue weighted by Crippen LogP contribution is -2.56. The fourth-order valence-corrected chi connectivity index (χ4v) is 2.95. The average molecular weight is 367 g/mol. The summed E-state index contributed by atoms with van der Waals surface area (Å²) in [7, 11) is 0. The van der Waals surface area contributed by atoms with Gasteiger partial charge in [-0.3, -0.25) is 10.2 Å². The van der Waals surface area contributed by atoms with Crippen molar-refractivity contribution < 1.29 is 14.4 Å². The topological polar surface area (TPSA) is 63.2 Å². The van der Waals surface area contributed by atoms with E-state index in [-0.39, 0.29) is 12.5 Å². The molecule has 0 aromatic heterocycles. The number of amides is 1. The minimum Gasteiger partial charge on any atom is -0.484 e. The van der Waals surface area contributed by atoms with Crippen molar-refractivity contribution in [2.45, 2.75) is 39.8 Å². The molecule has 0 spiro atoms. The van der Waals surface area contributed by atoms with Crippen LogP contribution in [0.1, 0.15) is 37.0 Å². The van der Waals surface area contributed by atoms with Crippen LogP contribution < -0.4 is 10.2 Å². The number of oxime groups is 1. The third kappa shape index (κ3) is 4.22. The molecule has 1 N–H and O–H groups in total. The fraction of sp³-hybridized carbons (Fsp3) is 0.333. The Morgan fingerprint density at radius 3 is 2.48 bits per heavy atom. The van der Waals surface area contributed by atoms with Crippen LogP contribution in [0.3, 0.4) is 0 Å². The van der Waals surface area contributed by atoms with E-state index < -0.39 is 5.72 Å². The first-order valence-electron chi connectivity index (χ1n) is 9.03. The number of benzene rings is 2. The molecule has 0 fully saturated rings. The Morgan fingerprint density at radius 1 is 1.19 bits per heavy atom. The Kier molecular flexibility index (Phi) is 5.35. The highest BCUT2D eigenvalue weighted by Gasteiger charge is 2.42. The van der Waals surface area contributed by atoms with E-state index in [9.17, 15) is 4.79 Å². The van der Waals surface area contributed by atoms with Crippen molar-refractivity contribution in [1.82, 2.24) is 10.4 Å². The highest BCUT2D eigenvalue weighted by molar-refractivity contribution is 6.00. The molecule has 0 aliphatic carbocycles. The average Bonchev–Trinajstić information content (AvgIpc) is 2.97. The van der Waals surface area contributed by atoms with Crippen LogP contribution >= 0.6 is 0 Å². The molecule has 0 saturated carbocycles. The Bertz CT molecular complexity index is 831. The summed E-state index contributed by atoms with van der Waals surface area (Å²) in [5, 5.41) is 5.94. The quantitative estimate of drug-likeness (QED) is 0.848. The van der Waals surface area contributed by atoms with Gasteiger partial charge in [-0.05, 0) is 45.0 Å². The molecule has 0 bridgehead atoms. The molecular weight excluding hydrogens is 342 g/mol. The standard InChI is InChI=1S/C21H25N3O3/c1-5-21(4)24(22-19(25)14-26-18-9-7-6-8-10-18)20(23-27-21)17-12-15(2)11-16(3)13-17/h6-13H,5,14H2,1-4H3,(H,22,25). The highest BCUT2D eigenvalue weighted by Crippen LogP contribution is 2.29. The van der Waals surface area contributed by atoms with E-state index in [1.807, 2.05) is 70.2 Å². The summed E-state index contributed by atoms with van der Waals surface area (Å²) >= 11 is 0. The third-order valence-corrected chi connectivity index (χ3v) is 4.50. The van der Waals surface area contributed by atoms with Crippen molar-refractivity contribution in [2.24, 2.45) is 5.16 Å². The van der Waals surface area contributed by atoms with Gasteiger partial charge in [0.1, 0.15) is 5.75 Å². The summed E-state index contributed by atoms with van der Waals surface area (Å²) in [4.78, 5) is 18.2. The summed E-state index contributed by atoms with van der Waals surface area (Å²) in [5.41, 5.74) is 5.28. The molecule has 2 aromatic rings. The molecule has 6 nitrogen and oxygen atoms in total. The van der Waals surface area contributed by atoms with Gasteiger partial charge in [-0.1, -0.05) is 47.5 Å². The zero-order valence-corrected chi connectivity index (χ0v) is 16.2. The van der Waals surface area contributed by atoms with Crippen LogP contribution in [0.5, 0.6) is 5.75 Å². The molecule has 3 rings (SSSR count). The van der Waals surface area contributed by atoms with Crippen LogP contribution in [0.2, 0.25) is 0 Å². The lowest BCUT2D eigenvalue weighted by atomic mass is 10.1. The maximum absolute atomic E-state index is 12.5. The first kappa shape index (κ1) is 18.8. The van der Waals surface area contributed by atoms with Gasteiger partial charge in [0.2, 0.25) is 5.72 Å². The number of amidine groups is 1. The maximum Gasteiger partial charge on any atom is 0.276 e. The largest absolute Gasteiger partial charge is 0.484 e. The number of hydrogen-bond donors (Lipinski definition) is 1. The maximum atomic E-state index is 12.5. The molecule has 6 heteroatoms. The van der Waals surface area contributed by atoms with Crippen LogP contribution in [-0.2, 0) is 9.63 Å². The minimum absolute atomic E-state index is 0.0968. The minimum atomic E-state index is -0.755. The molecule has 1 aliphatic heterocycles. The number of nitrogens with zero attached hydrogens (tertiary/aromatic N) is 2. The van der Waals surface area contributed by atoms with Gasteiger partial charge in [-0.15, -0.1) is 0 Å². The zero-order valence-electron chi connectivity index (χ0n) is 16.2. The van der Waals surface area contributed by atoms with E-state index in [0.29, 0.717) is 18.0 Å². The lowest BCUT2D eigenvalue weighted by molar-refractivity contribution is -0.140. The third-order valence-electron chi connectivity index (χ3n) is 4.50. The van der Waals surface area contributed by atoms with Crippen molar-refractivity contribution in [3.8, 4) is 5.75 Å². The van der Waals surface area contributed by atoms with Crippen molar-refractivity contribution in [1.29, 1.82) is 0 Å². The van der Waals surface area contributed by atoms with Gasteiger partial charge in [0.05, 0.1) is 0 Å². The number of carbonyl (C=O) groups excluding carboxylic acids is 1. The number of carbonyl (C=O) groups is 1. The van der Waals surface area contributed by atoms with Crippen LogP contribution in [0.15, 0.2) is 53.7 Å². The summed E-state index contributed by atoms with van der Waals surface area (Å²) in [5.74, 6) is 0.951. The molecule has 2 aromatic carbocycles. The van der Waals surface area contributed by atoms with E-state index in [0.717, 1.165) is 16.7 Å². The molecule has 1 heterocycles. The van der Waals surface area contributed by atoms with Crippen molar-refractivity contribution >= 4 is 11.7 Å². The van der Waals surface area contributed by atoms with Crippen LogP contribution in [-0.4, -0.2) is 29.1 Å². The first-order chi connectivity index (χ1) is 12.9. The number of aryl methyl sites for hydroxylation is 2. The smallest absolute Gasteiger partial charge is 0.276 e. The molecule has 1 atom stereocenters. The van der Waals surface area contributed by atoms with E-state index in [1.165, 1.54) is 0 Å². The van der Waals surface area contributed by atoms with Crippen molar-refractivity contribution in [2.75, 3.05) is 6.61 Å². The molecule has 1 aliphatic rings. The SMILES string of the molecule is CCC1(C)ON=C(c2cc(C)cc(C)c2)N1NC(=O)COc1ccccc1. The molecule has 1 unspecified atom stereocenters. The monoisotopic (exact) mass is 367 g/mol.